The Morgan fingerprint density at radius 2 is 2.26 bits per heavy atom. The second kappa shape index (κ2) is 6.40. The molecule has 19 heavy (non-hydrogen) atoms. The maximum absolute atomic E-state index is 11.0. The van der Waals surface area contributed by atoms with Gasteiger partial charge in [0.2, 0.25) is 0 Å². The van der Waals surface area contributed by atoms with Gasteiger partial charge in [0.05, 0.1) is 6.61 Å². The third-order valence-corrected chi connectivity index (χ3v) is 3.26. The van der Waals surface area contributed by atoms with Crippen molar-refractivity contribution in [2.45, 2.75) is 20.0 Å². The number of benzene rings is 1. The molecule has 6 heteroatoms. The highest BCUT2D eigenvalue weighted by molar-refractivity contribution is 7.07. The van der Waals surface area contributed by atoms with E-state index in [2.05, 4.69) is 10.3 Å². The van der Waals surface area contributed by atoms with Gasteiger partial charge in [-0.25, -0.2) is 0 Å². The van der Waals surface area contributed by atoms with E-state index < -0.39 is 0 Å². The summed E-state index contributed by atoms with van der Waals surface area (Å²) in [5.41, 5.74) is 1.89. The number of hydrogen-bond donors (Lipinski definition) is 3. The Morgan fingerprint density at radius 3 is 2.95 bits per heavy atom. The van der Waals surface area contributed by atoms with Crippen molar-refractivity contribution in [3.63, 3.8) is 0 Å². The number of aromatic hydroxyl groups is 1. The molecule has 0 atom stereocenters. The molecule has 0 aliphatic heterocycles. The molecule has 1 aromatic heterocycles. The van der Waals surface area contributed by atoms with E-state index in [9.17, 15) is 9.90 Å². The number of nitrogens with one attached hydrogen (secondary N) is 2. The Bertz CT molecular complexity index is 592. The normalized spacial score (nSPS) is 10.6. The molecule has 0 radical (unpaired) electrons. The minimum Gasteiger partial charge on any atom is -0.504 e. The Kier molecular flexibility index (Phi) is 4.59. The second-order valence-corrected chi connectivity index (χ2v) is 4.85. The van der Waals surface area contributed by atoms with Crippen LogP contribution in [0.3, 0.4) is 0 Å². The predicted octanol–water partition coefficient (Wildman–Crippen LogP) is 1.83. The van der Waals surface area contributed by atoms with Crippen LogP contribution >= 0.6 is 11.3 Å². The molecule has 0 bridgehead atoms. The molecule has 0 spiro atoms. The highest BCUT2D eigenvalue weighted by Crippen LogP contribution is 2.26. The van der Waals surface area contributed by atoms with Crippen molar-refractivity contribution in [2.24, 2.45) is 0 Å². The lowest BCUT2D eigenvalue weighted by Gasteiger charge is -2.09. The zero-order valence-corrected chi connectivity index (χ0v) is 11.4. The lowest BCUT2D eigenvalue weighted by molar-refractivity contribution is 0.317. The van der Waals surface area contributed by atoms with Gasteiger partial charge in [-0.05, 0) is 24.6 Å². The standard InChI is InChI=1S/C13H16N2O3S/c1-2-18-12-5-9(3-4-11(12)16)6-14-7-10-8-19-13(17)15-10/h3-5,8,14,16H,2,6-7H2,1H3,(H,15,17). The van der Waals surface area contributed by atoms with Gasteiger partial charge in [0, 0.05) is 24.2 Å². The zero-order valence-electron chi connectivity index (χ0n) is 10.6. The number of thiazole rings is 1. The molecule has 3 N–H and O–H groups in total. The van der Waals surface area contributed by atoms with Crippen LogP contribution < -0.4 is 14.9 Å². The molecule has 0 aliphatic rings. The maximum atomic E-state index is 11.0. The summed E-state index contributed by atoms with van der Waals surface area (Å²) in [6.07, 6.45) is 0. The van der Waals surface area contributed by atoms with Crippen molar-refractivity contribution in [1.82, 2.24) is 10.3 Å². The molecule has 102 valence electrons. The lowest BCUT2D eigenvalue weighted by Crippen LogP contribution is -2.13. The fourth-order valence-electron chi connectivity index (χ4n) is 1.68. The van der Waals surface area contributed by atoms with Crippen molar-refractivity contribution in [1.29, 1.82) is 0 Å². The number of aromatic nitrogens is 1. The summed E-state index contributed by atoms with van der Waals surface area (Å²) in [6.45, 7) is 3.62. The summed E-state index contributed by atoms with van der Waals surface area (Å²) in [5.74, 6) is 0.638. The third kappa shape index (κ3) is 3.84. The maximum Gasteiger partial charge on any atom is 0.304 e. The fraction of sp³-hybridized carbons (Fsp3) is 0.308. The van der Waals surface area contributed by atoms with Crippen molar-refractivity contribution in [3.8, 4) is 11.5 Å². The van der Waals surface area contributed by atoms with Crippen LogP contribution in [0, 0.1) is 0 Å². The molecule has 0 aliphatic carbocycles. The molecule has 0 amide bonds. The van der Waals surface area contributed by atoms with E-state index in [1.54, 1.807) is 11.4 Å². The number of rotatable bonds is 6. The number of phenols is 1. The second-order valence-electron chi connectivity index (χ2n) is 4.01. The van der Waals surface area contributed by atoms with Crippen molar-refractivity contribution in [3.05, 3.63) is 44.5 Å². The van der Waals surface area contributed by atoms with Crippen LogP contribution in [0.1, 0.15) is 18.2 Å². The van der Waals surface area contributed by atoms with Crippen LogP contribution in [-0.4, -0.2) is 16.7 Å². The van der Waals surface area contributed by atoms with E-state index >= 15 is 0 Å². The highest BCUT2D eigenvalue weighted by atomic mass is 32.1. The molecular weight excluding hydrogens is 264 g/mol. The first-order valence-electron chi connectivity index (χ1n) is 6.01. The lowest BCUT2D eigenvalue weighted by atomic mass is 10.2. The van der Waals surface area contributed by atoms with Crippen molar-refractivity contribution < 1.29 is 9.84 Å². The van der Waals surface area contributed by atoms with Gasteiger partial charge in [0.25, 0.3) is 0 Å². The molecular formula is C13H16N2O3S. The Labute approximate surface area is 114 Å². The summed E-state index contributed by atoms with van der Waals surface area (Å²) in [4.78, 5) is 13.7. The average molecular weight is 280 g/mol. The number of phenolic OH excluding ortho intramolecular Hbond substituents is 1. The monoisotopic (exact) mass is 280 g/mol. The minimum atomic E-state index is -0.0416. The van der Waals surface area contributed by atoms with Crippen LogP contribution in [-0.2, 0) is 13.1 Å². The summed E-state index contributed by atoms with van der Waals surface area (Å²) in [7, 11) is 0. The average Bonchev–Trinajstić information content (AvgIpc) is 2.79. The van der Waals surface area contributed by atoms with Gasteiger partial charge in [0.15, 0.2) is 11.5 Å². The van der Waals surface area contributed by atoms with Crippen molar-refractivity contribution in [2.75, 3.05) is 6.61 Å². The van der Waals surface area contributed by atoms with Gasteiger partial charge >= 0.3 is 4.87 Å². The first kappa shape index (κ1) is 13.6. The van der Waals surface area contributed by atoms with Crippen LogP contribution in [0.4, 0.5) is 0 Å². The van der Waals surface area contributed by atoms with E-state index in [-0.39, 0.29) is 10.6 Å². The van der Waals surface area contributed by atoms with E-state index in [1.165, 1.54) is 0 Å². The van der Waals surface area contributed by atoms with Gasteiger partial charge in [0.1, 0.15) is 0 Å². The largest absolute Gasteiger partial charge is 0.504 e. The molecule has 2 aromatic rings. The molecule has 2 rings (SSSR count). The summed E-state index contributed by atoms with van der Waals surface area (Å²) < 4.78 is 5.32. The summed E-state index contributed by atoms with van der Waals surface area (Å²) in [5, 5.41) is 14.6. The highest BCUT2D eigenvalue weighted by Gasteiger charge is 2.03. The molecule has 0 saturated heterocycles. The first-order valence-corrected chi connectivity index (χ1v) is 6.89. The summed E-state index contributed by atoms with van der Waals surface area (Å²) in [6, 6.07) is 5.26. The molecule has 1 aromatic carbocycles. The number of ether oxygens (including phenoxy) is 1. The molecule has 0 unspecified atom stereocenters. The minimum absolute atomic E-state index is 0.0416. The number of aromatic amines is 1. The van der Waals surface area contributed by atoms with E-state index in [4.69, 9.17) is 4.74 Å². The van der Waals surface area contributed by atoms with Crippen LogP contribution in [0.5, 0.6) is 11.5 Å². The molecule has 0 saturated carbocycles. The fourth-order valence-corrected chi connectivity index (χ4v) is 2.26. The number of hydrogen-bond acceptors (Lipinski definition) is 5. The van der Waals surface area contributed by atoms with Gasteiger partial charge in [-0.1, -0.05) is 17.4 Å². The SMILES string of the molecule is CCOc1cc(CNCc2csc(=O)[nH]2)ccc1O. The smallest absolute Gasteiger partial charge is 0.304 e. The zero-order chi connectivity index (χ0) is 13.7. The quantitative estimate of drug-likeness (QED) is 0.754. The molecule has 1 heterocycles. The predicted molar refractivity (Wildman–Crippen MR) is 74.8 cm³/mol. The molecule has 5 nitrogen and oxygen atoms in total. The van der Waals surface area contributed by atoms with Gasteiger partial charge < -0.3 is 20.1 Å². The Hall–Kier alpha value is -1.79. The van der Waals surface area contributed by atoms with E-state index in [0.29, 0.717) is 25.4 Å². The van der Waals surface area contributed by atoms with Crippen LogP contribution in [0.15, 0.2) is 28.4 Å². The van der Waals surface area contributed by atoms with Crippen LogP contribution in [0.2, 0.25) is 0 Å². The van der Waals surface area contributed by atoms with Crippen molar-refractivity contribution >= 4 is 11.3 Å². The van der Waals surface area contributed by atoms with Crippen LogP contribution in [0.25, 0.3) is 0 Å². The topological polar surface area (TPSA) is 74.3 Å². The molecule has 0 fully saturated rings. The van der Waals surface area contributed by atoms with Gasteiger partial charge in [-0.15, -0.1) is 0 Å². The summed E-state index contributed by atoms with van der Waals surface area (Å²) >= 11 is 1.16. The third-order valence-electron chi connectivity index (χ3n) is 2.54. The van der Waals surface area contributed by atoms with Gasteiger partial charge in [-0.2, -0.15) is 0 Å². The Balaban J connectivity index is 1.92. The van der Waals surface area contributed by atoms with Gasteiger partial charge in [-0.3, -0.25) is 4.79 Å². The number of H-pyrrole nitrogens is 1. The van der Waals surface area contributed by atoms with E-state index in [1.807, 2.05) is 19.1 Å². The first-order chi connectivity index (χ1) is 9.19. The van der Waals surface area contributed by atoms with E-state index in [0.717, 1.165) is 22.6 Å². The Morgan fingerprint density at radius 1 is 1.42 bits per heavy atom.